The van der Waals surface area contributed by atoms with Gasteiger partial charge in [0, 0.05) is 0 Å². The molecule has 0 radical (unpaired) electrons. The lowest BCUT2D eigenvalue weighted by molar-refractivity contribution is -0.929. The first-order chi connectivity index (χ1) is 8.78. The number of rotatable bonds is 5. The minimum atomic E-state index is -4.41. The van der Waals surface area contributed by atoms with E-state index in [4.69, 9.17) is 0 Å². The van der Waals surface area contributed by atoms with Crippen LogP contribution in [-0.4, -0.2) is 56.5 Å². The van der Waals surface area contributed by atoms with Gasteiger partial charge in [0.15, 0.2) is 0 Å². The van der Waals surface area contributed by atoms with Gasteiger partial charge in [-0.05, 0) is 12.8 Å². The van der Waals surface area contributed by atoms with Gasteiger partial charge in [-0.2, -0.15) is 0 Å². The summed E-state index contributed by atoms with van der Waals surface area (Å²) in [7, 11) is -3.60. The van der Waals surface area contributed by atoms with Crippen molar-refractivity contribution in [2.45, 2.75) is 39.5 Å². The number of nitrogens with zero attached hydrogens (tertiary/aromatic N) is 1. The van der Waals surface area contributed by atoms with Crippen LogP contribution in [0.25, 0.3) is 0 Å². The van der Waals surface area contributed by atoms with Crippen molar-refractivity contribution in [1.82, 2.24) is 0 Å². The Morgan fingerprint density at radius 1 is 1.16 bits per heavy atom. The molecule has 1 heterocycles. The van der Waals surface area contributed by atoms with Crippen molar-refractivity contribution in [2.24, 2.45) is 0 Å². The summed E-state index contributed by atoms with van der Waals surface area (Å²) in [6.45, 7) is 9.21. The molecule has 0 bridgehead atoms. The molecule has 0 saturated carbocycles. The Morgan fingerprint density at radius 3 is 1.79 bits per heavy atom. The number of carbonyl (C=O) groups excluding carboxylic acids is 1. The number of carbonyl (C=O) groups is 1. The molecule has 0 aromatic heterocycles. The number of quaternary nitrogens is 1. The van der Waals surface area contributed by atoms with Crippen LogP contribution in [0.1, 0.15) is 39.5 Å². The molecule has 114 valence electrons. The monoisotopic (exact) mass is 295 g/mol. The number of hydrogen-bond donors (Lipinski definition) is 0. The molecule has 0 spiro atoms. The third-order valence-electron chi connectivity index (χ3n) is 3.33. The summed E-state index contributed by atoms with van der Waals surface area (Å²) in [4.78, 5) is 11.1. The minimum Gasteiger partial charge on any atom is -0.726 e. The zero-order valence-electron chi connectivity index (χ0n) is 12.1. The second-order valence-corrected chi connectivity index (χ2v) is 6.00. The second kappa shape index (κ2) is 8.63. The lowest BCUT2D eigenvalue weighted by Crippen LogP contribution is -2.54. The van der Waals surface area contributed by atoms with Crippen molar-refractivity contribution in [3.63, 3.8) is 0 Å². The molecule has 0 aromatic carbocycles. The summed E-state index contributed by atoms with van der Waals surface area (Å²) >= 11 is 0. The van der Waals surface area contributed by atoms with E-state index < -0.39 is 10.4 Å². The maximum atomic E-state index is 11.1. The van der Waals surface area contributed by atoms with E-state index in [2.05, 4.69) is 18.0 Å². The van der Waals surface area contributed by atoms with E-state index in [0.717, 1.165) is 33.0 Å². The smallest absolute Gasteiger partial charge is 0.217 e. The molecule has 1 saturated heterocycles. The zero-order valence-corrected chi connectivity index (χ0v) is 12.9. The van der Waals surface area contributed by atoms with Gasteiger partial charge in [-0.25, -0.2) is 8.42 Å². The molecule has 0 N–H and O–H groups in total. The Morgan fingerprint density at radius 2 is 1.53 bits per heavy atom. The third kappa shape index (κ3) is 8.30. The molecular formula is C12H25NO5S. The van der Waals surface area contributed by atoms with Crippen LogP contribution in [0.2, 0.25) is 0 Å². The molecule has 19 heavy (non-hydrogen) atoms. The quantitative estimate of drug-likeness (QED) is 0.430. The van der Waals surface area contributed by atoms with Crippen LogP contribution in [0.3, 0.4) is 0 Å². The Hall–Kier alpha value is -0.500. The first-order valence-corrected chi connectivity index (χ1v) is 8.00. The Balaban J connectivity index is 0.000000459. The van der Waals surface area contributed by atoms with E-state index in [9.17, 15) is 17.8 Å². The SMILES string of the molecule is CCC[N+]1(CCC)CCC(=O)CC1.COS(=O)(=O)[O-]. The van der Waals surface area contributed by atoms with Crippen LogP contribution >= 0.6 is 0 Å². The van der Waals surface area contributed by atoms with E-state index in [0.29, 0.717) is 5.78 Å². The molecule has 1 rings (SSSR count). The van der Waals surface area contributed by atoms with Crippen LogP contribution < -0.4 is 0 Å². The van der Waals surface area contributed by atoms with Crippen LogP contribution in [0, 0.1) is 0 Å². The van der Waals surface area contributed by atoms with E-state index in [1.807, 2.05) is 0 Å². The van der Waals surface area contributed by atoms with Crippen molar-refractivity contribution in [3.8, 4) is 0 Å². The highest BCUT2D eigenvalue weighted by molar-refractivity contribution is 7.80. The van der Waals surface area contributed by atoms with Crippen molar-refractivity contribution in [1.29, 1.82) is 0 Å². The molecule has 7 heteroatoms. The summed E-state index contributed by atoms with van der Waals surface area (Å²) in [5.41, 5.74) is 0. The van der Waals surface area contributed by atoms with Crippen molar-refractivity contribution in [2.75, 3.05) is 33.3 Å². The van der Waals surface area contributed by atoms with Gasteiger partial charge in [-0.3, -0.25) is 8.98 Å². The van der Waals surface area contributed by atoms with E-state index in [1.54, 1.807) is 0 Å². The summed E-state index contributed by atoms with van der Waals surface area (Å²) in [6.07, 6.45) is 4.13. The molecule has 6 nitrogen and oxygen atoms in total. The van der Waals surface area contributed by atoms with Gasteiger partial charge in [0.25, 0.3) is 0 Å². The van der Waals surface area contributed by atoms with Gasteiger partial charge in [-0.15, -0.1) is 0 Å². The predicted octanol–water partition coefficient (Wildman–Crippen LogP) is 1.08. The van der Waals surface area contributed by atoms with E-state index in [1.165, 1.54) is 30.4 Å². The normalized spacial score (nSPS) is 18.6. The first-order valence-electron chi connectivity index (χ1n) is 6.67. The minimum absolute atomic E-state index is 0.473. The molecule has 0 aromatic rings. The molecule has 1 aliphatic heterocycles. The standard InChI is InChI=1S/C11H22NO.CH4O4S/c1-3-7-12(8-4-2)9-5-11(13)6-10-12;1-5-6(2,3)4/h3-10H2,1-2H3;1H3,(H,2,3,4)/q+1;/p-1. The molecule has 0 amide bonds. The zero-order chi connectivity index (χ0) is 14.9. The van der Waals surface area contributed by atoms with Gasteiger partial charge in [0.2, 0.25) is 10.4 Å². The van der Waals surface area contributed by atoms with Crippen LogP contribution in [0.4, 0.5) is 0 Å². The molecule has 0 aliphatic carbocycles. The summed E-state index contributed by atoms with van der Waals surface area (Å²) < 4.78 is 32.2. The Labute approximate surface area is 116 Å². The predicted molar refractivity (Wildman–Crippen MR) is 71.3 cm³/mol. The molecule has 1 fully saturated rings. The van der Waals surface area contributed by atoms with Crippen LogP contribution in [0.5, 0.6) is 0 Å². The maximum Gasteiger partial charge on any atom is 0.217 e. The molecule has 0 atom stereocenters. The maximum absolute atomic E-state index is 11.1. The lowest BCUT2D eigenvalue weighted by Gasteiger charge is -2.40. The van der Waals surface area contributed by atoms with E-state index >= 15 is 0 Å². The van der Waals surface area contributed by atoms with Crippen LogP contribution in [0.15, 0.2) is 0 Å². The van der Waals surface area contributed by atoms with Gasteiger partial charge >= 0.3 is 0 Å². The fourth-order valence-electron chi connectivity index (χ4n) is 2.47. The van der Waals surface area contributed by atoms with Gasteiger partial charge in [-0.1, -0.05) is 13.8 Å². The van der Waals surface area contributed by atoms with Gasteiger partial charge < -0.3 is 9.04 Å². The molecule has 0 unspecified atom stereocenters. The molecule has 1 aliphatic rings. The topological polar surface area (TPSA) is 83.5 Å². The van der Waals surface area contributed by atoms with Gasteiger partial charge in [0.05, 0.1) is 46.1 Å². The van der Waals surface area contributed by atoms with Gasteiger partial charge in [0.1, 0.15) is 5.78 Å². The highest BCUT2D eigenvalue weighted by atomic mass is 32.3. The van der Waals surface area contributed by atoms with E-state index in [-0.39, 0.29) is 0 Å². The highest BCUT2D eigenvalue weighted by Crippen LogP contribution is 2.18. The second-order valence-electron chi connectivity index (χ2n) is 4.85. The Kier molecular flexibility index (Phi) is 8.40. The van der Waals surface area contributed by atoms with Crippen molar-refractivity contribution in [3.05, 3.63) is 0 Å². The number of likely N-dealkylation sites (tertiary alicyclic amines) is 1. The van der Waals surface area contributed by atoms with Crippen LogP contribution in [-0.2, 0) is 19.4 Å². The third-order valence-corrected chi connectivity index (χ3v) is 3.74. The van der Waals surface area contributed by atoms with Crippen molar-refractivity contribution < 1.29 is 26.4 Å². The summed E-state index contributed by atoms with van der Waals surface area (Å²) in [5, 5.41) is 0. The number of ketones is 1. The average Bonchev–Trinajstić information content (AvgIpc) is 2.34. The Bertz CT molecular complexity index is 348. The fourth-order valence-corrected chi connectivity index (χ4v) is 2.47. The van der Waals surface area contributed by atoms with Crippen molar-refractivity contribution >= 4 is 16.2 Å². The summed E-state index contributed by atoms with van der Waals surface area (Å²) in [6, 6.07) is 0. The summed E-state index contributed by atoms with van der Waals surface area (Å²) in [5.74, 6) is 0.473. The largest absolute Gasteiger partial charge is 0.726 e. The molecular weight excluding hydrogens is 270 g/mol. The first kappa shape index (κ1) is 18.5. The lowest BCUT2D eigenvalue weighted by atomic mass is 10.1. The fraction of sp³-hybridized carbons (Fsp3) is 0.917. The average molecular weight is 295 g/mol. The highest BCUT2D eigenvalue weighted by Gasteiger charge is 2.30. The number of hydrogen-bond acceptors (Lipinski definition) is 5. The number of Topliss-reactive ketones (excluding diaryl/α,β-unsaturated/α-hetero) is 1. The number of piperidine rings is 1.